The number of fused-ring (bicyclic) bond motifs is 3. The van der Waals surface area contributed by atoms with E-state index in [-0.39, 0.29) is 17.0 Å². The summed E-state index contributed by atoms with van der Waals surface area (Å²) >= 11 is 0. The summed E-state index contributed by atoms with van der Waals surface area (Å²) in [6.07, 6.45) is 0. The fraction of sp³-hybridized carbons (Fsp3) is 0.111. The Hall–Kier alpha value is -4.50. The highest BCUT2D eigenvalue weighted by Crippen LogP contribution is 2.43. The summed E-state index contributed by atoms with van der Waals surface area (Å²) in [6.45, 7) is 0.407. The zero-order valence-electron chi connectivity index (χ0n) is 18.0. The van der Waals surface area contributed by atoms with Crippen molar-refractivity contribution in [2.45, 2.75) is 12.5 Å². The maximum Gasteiger partial charge on any atom is 0.258 e. The second kappa shape index (κ2) is 8.21. The number of rotatable bonds is 4. The van der Waals surface area contributed by atoms with Crippen molar-refractivity contribution in [1.29, 1.82) is 5.26 Å². The third-order valence-electron chi connectivity index (χ3n) is 5.90. The number of nitrogens with two attached hydrogens (primary N) is 1. The summed E-state index contributed by atoms with van der Waals surface area (Å²) in [5.74, 6) is 0.370. The minimum absolute atomic E-state index is 0.00372. The molecule has 0 unspecified atom stereocenters. The zero-order valence-corrected chi connectivity index (χ0v) is 18.0. The Morgan fingerprint density at radius 2 is 1.82 bits per heavy atom. The van der Waals surface area contributed by atoms with Crippen molar-refractivity contribution in [3.05, 3.63) is 117 Å². The van der Waals surface area contributed by atoms with E-state index in [1.807, 2.05) is 78.9 Å². The molecule has 0 saturated heterocycles. The lowest BCUT2D eigenvalue weighted by atomic mass is 9.83. The predicted molar refractivity (Wildman–Crippen MR) is 126 cm³/mol. The molecule has 6 nitrogen and oxygen atoms in total. The molecule has 5 rings (SSSR count). The molecule has 1 aromatic heterocycles. The van der Waals surface area contributed by atoms with Gasteiger partial charge in [-0.2, -0.15) is 5.26 Å². The van der Waals surface area contributed by atoms with Crippen LogP contribution in [0.15, 0.2) is 95.1 Å². The third-order valence-corrected chi connectivity index (χ3v) is 5.90. The Kier molecular flexibility index (Phi) is 5.08. The van der Waals surface area contributed by atoms with Gasteiger partial charge in [-0.15, -0.1) is 0 Å². The van der Waals surface area contributed by atoms with Gasteiger partial charge in [-0.05, 0) is 35.4 Å². The third kappa shape index (κ3) is 3.50. The van der Waals surface area contributed by atoms with E-state index < -0.39 is 5.92 Å². The first-order valence-corrected chi connectivity index (χ1v) is 10.5. The first-order valence-electron chi connectivity index (χ1n) is 10.5. The molecule has 162 valence electrons. The lowest BCUT2D eigenvalue weighted by molar-refractivity contribution is 0.306. The molecular formula is C27H21N3O3. The minimum Gasteiger partial charge on any atom is -0.489 e. The topological polar surface area (TPSA) is 90.3 Å². The second-order valence-electron chi connectivity index (χ2n) is 7.90. The molecule has 2 heterocycles. The van der Waals surface area contributed by atoms with Crippen LogP contribution in [0.1, 0.15) is 22.6 Å². The Balaban J connectivity index is 1.64. The summed E-state index contributed by atoms with van der Waals surface area (Å²) in [5, 5.41) is 10.7. The molecule has 0 bridgehead atoms. The van der Waals surface area contributed by atoms with Crippen molar-refractivity contribution in [2.75, 3.05) is 0 Å². The summed E-state index contributed by atoms with van der Waals surface area (Å²) in [7, 11) is 1.72. The highest BCUT2D eigenvalue weighted by atomic mass is 16.5. The van der Waals surface area contributed by atoms with Crippen LogP contribution in [0.5, 0.6) is 11.5 Å². The normalized spacial score (nSPS) is 15.0. The van der Waals surface area contributed by atoms with Crippen LogP contribution in [0.4, 0.5) is 0 Å². The molecule has 0 radical (unpaired) electrons. The van der Waals surface area contributed by atoms with Crippen molar-refractivity contribution in [3.63, 3.8) is 0 Å². The molecule has 0 amide bonds. The number of nitriles is 1. The van der Waals surface area contributed by atoms with Crippen LogP contribution < -0.4 is 20.8 Å². The van der Waals surface area contributed by atoms with Gasteiger partial charge in [-0.1, -0.05) is 54.6 Å². The van der Waals surface area contributed by atoms with Crippen LogP contribution in [0.2, 0.25) is 0 Å². The monoisotopic (exact) mass is 435 g/mol. The van der Waals surface area contributed by atoms with Gasteiger partial charge in [0, 0.05) is 12.4 Å². The fourth-order valence-corrected chi connectivity index (χ4v) is 4.28. The molecule has 33 heavy (non-hydrogen) atoms. The number of aromatic nitrogens is 1. The Morgan fingerprint density at radius 1 is 1.06 bits per heavy atom. The minimum atomic E-state index is -0.665. The van der Waals surface area contributed by atoms with Gasteiger partial charge in [0.2, 0.25) is 5.88 Å². The van der Waals surface area contributed by atoms with Gasteiger partial charge in [-0.25, -0.2) is 0 Å². The quantitative estimate of drug-likeness (QED) is 0.515. The molecule has 3 aromatic carbocycles. The van der Waals surface area contributed by atoms with Crippen LogP contribution in [0.25, 0.3) is 10.9 Å². The molecule has 1 aliphatic rings. The number of aryl methyl sites for hydroxylation is 1. The predicted octanol–water partition coefficient (Wildman–Crippen LogP) is 4.34. The maximum atomic E-state index is 13.5. The molecule has 6 heteroatoms. The van der Waals surface area contributed by atoms with E-state index in [0.29, 0.717) is 23.7 Å². The zero-order chi connectivity index (χ0) is 22.9. The van der Waals surface area contributed by atoms with E-state index in [0.717, 1.165) is 22.0 Å². The van der Waals surface area contributed by atoms with Crippen molar-refractivity contribution in [3.8, 4) is 17.6 Å². The summed E-state index contributed by atoms with van der Waals surface area (Å²) in [5.41, 5.74) is 9.05. The number of nitrogens with zero attached hydrogens (tertiary/aromatic N) is 2. The Bertz CT molecular complexity index is 1500. The van der Waals surface area contributed by atoms with Crippen LogP contribution in [0.3, 0.4) is 0 Å². The van der Waals surface area contributed by atoms with Gasteiger partial charge in [-0.3, -0.25) is 4.79 Å². The summed E-state index contributed by atoms with van der Waals surface area (Å²) in [4.78, 5) is 13.5. The first-order chi connectivity index (χ1) is 16.1. The first kappa shape index (κ1) is 20.4. The van der Waals surface area contributed by atoms with Crippen molar-refractivity contribution < 1.29 is 9.47 Å². The highest BCUT2D eigenvalue weighted by Gasteiger charge is 2.35. The fourth-order valence-electron chi connectivity index (χ4n) is 4.28. The average Bonchev–Trinajstić information content (AvgIpc) is 2.86. The largest absolute Gasteiger partial charge is 0.489 e. The van der Waals surface area contributed by atoms with Gasteiger partial charge >= 0.3 is 0 Å². The molecule has 1 aliphatic heterocycles. The molecule has 0 saturated carbocycles. The van der Waals surface area contributed by atoms with Crippen LogP contribution in [-0.4, -0.2) is 4.57 Å². The Labute approximate surface area is 190 Å². The van der Waals surface area contributed by atoms with Crippen molar-refractivity contribution in [1.82, 2.24) is 4.57 Å². The van der Waals surface area contributed by atoms with Crippen LogP contribution in [-0.2, 0) is 13.7 Å². The lowest BCUT2D eigenvalue weighted by Crippen LogP contribution is -2.31. The van der Waals surface area contributed by atoms with E-state index in [1.54, 1.807) is 11.6 Å². The van der Waals surface area contributed by atoms with Gasteiger partial charge in [0.1, 0.15) is 29.7 Å². The van der Waals surface area contributed by atoms with E-state index in [9.17, 15) is 10.1 Å². The molecular weight excluding hydrogens is 414 g/mol. The number of para-hydroxylation sites is 1. The number of benzene rings is 3. The molecule has 0 fully saturated rings. The lowest BCUT2D eigenvalue weighted by Gasteiger charge is -2.27. The number of allylic oxidation sites excluding steroid dienone is 1. The summed E-state index contributed by atoms with van der Waals surface area (Å²) < 4.78 is 13.4. The average molecular weight is 435 g/mol. The Morgan fingerprint density at radius 3 is 2.61 bits per heavy atom. The van der Waals surface area contributed by atoms with E-state index in [1.165, 1.54) is 0 Å². The molecule has 0 spiro atoms. The smallest absolute Gasteiger partial charge is 0.258 e. The van der Waals surface area contributed by atoms with E-state index in [2.05, 4.69) is 6.07 Å². The molecule has 4 aromatic rings. The molecule has 1 atom stereocenters. The summed E-state index contributed by atoms with van der Waals surface area (Å²) in [6, 6.07) is 26.9. The van der Waals surface area contributed by atoms with Gasteiger partial charge < -0.3 is 19.8 Å². The number of ether oxygens (including phenoxy) is 2. The number of hydrogen-bond acceptors (Lipinski definition) is 5. The van der Waals surface area contributed by atoms with Crippen molar-refractivity contribution >= 4 is 10.9 Å². The highest BCUT2D eigenvalue weighted by molar-refractivity contribution is 5.88. The molecule has 0 aliphatic carbocycles. The number of hydrogen-bond donors (Lipinski definition) is 1. The molecule has 2 N–H and O–H groups in total. The van der Waals surface area contributed by atoms with Crippen LogP contribution in [0, 0.1) is 11.3 Å². The maximum absolute atomic E-state index is 13.5. The van der Waals surface area contributed by atoms with Gasteiger partial charge in [0.25, 0.3) is 5.56 Å². The van der Waals surface area contributed by atoms with E-state index >= 15 is 0 Å². The standard InChI is InChI=1S/C27H21N3O3/c1-30-22-13-6-5-12-20(22)25-24(27(30)31)23(21(15-28)26(29)33-25)18-10-7-11-19(14-18)32-16-17-8-3-2-4-9-17/h2-14,23H,16,29H2,1H3/t23-/m1/s1. The van der Waals surface area contributed by atoms with Gasteiger partial charge in [0.05, 0.1) is 17.0 Å². The van der Waals surface area contributed by atoms with Gasteiger partial charge in [0.15, 0.2) is 0 Å². The van der Waals surface area contributed by atoms with Crippen molar-refractivity contribution in [2.24, 2.45) is 12.8 Å². The second-order valence-corrected chi connectivity index (χ2v) is 7.90. The number of pyridine rings is 1. The SMILES string of the molecule is Cn1c(=O)c2c(c3ccccc31)OC(N)=C(C#N)[C@H]2c1cccc(OCc2ccccc2)c1. The van der Waals surface area contributed by atoms with Crippen LogP contribution >= 0.6 is 0 Å². The van der Waals surface area contributed by atoms with E-state index in [4.69, 9.17) is 15.2 Å².